The lowest BCUT2D eigenvalue weighted by Crippen LogP contribution is -2.36. The third-order valence-corrected chi connectivity index (χ3v) is 4.33. The van der Waals surface area contributed by atoms with Crippen molar-refractivity contribution in [1.82, 2.24) is 5.32 Å². The molecule has 0 bridgehead atoms. The summed E-state index contributed by atoms with van der Waals surface area (Å²) in [6.07, 6.45) is 8.30. The highest BCUT2D eigenvalue weighted by Crippen LogP contribution is 2.28. The molecule has 1 atom stereocenters. The van der Waals surface area contributed by atoms with Gasteiger partial charge in [0.2, 0.25) is 0 Å². The molecule has 0 heterocycles. The zero-order valence-electron chi connectivity index (χ0n) is 12.1. The topological polar surface area (TPSA) is 12.0 Å². The van der Waals surface area contributed by atoms with E-state index in [1.54, 1.807) is 0 Å². The molecule has 0 radical (unpaired) electrons. The lowest BCUT2D eigenvalue weighted by Gasteiger charge is -2.30. The standard InChI is InChI=1S/C17H27N/c1-13-9-14(2)11-15(10-13)12-17(18-3)16-7-5-4-6-8-16/h9-11,16-18H,4-8,12H2,1-3H3. The second-order valence-electron chi connectivity index (χ2n) is 5.99. The molecule has 1 heteroatoms. The Labute approximate surface area is 112 Å². The molecule has 0 aliphatic heterocycles. The molecule has 100 valence electrons. The molecule has 1 aromatic rings. The van der Waals surface area contributed by atoms with Crippen LogP contribution in [0.4, 0.5) is 0 Å². The van der Waals surface area contributed by atoms with Gasteiger partial charge in [-0.2, -0.15) is 0 Å². The third-order valence-electron chi connectivity index (χ3n) is 4.33. The Kier molecular flexibility index (Phi) is 4.82. The first-order chi connectivity index (χ1) is 8.69. The molecule has 1 aliphatic rings. The van der Waals surface area contributed by atoms with Crippen LogP contribution in [0, 0.1) is 19.8 Å². The molecule has 1 N–H and O–H groups in total. The smallest absolute Gasteiger partial charge is 0.0133 e. The van der Waals surface area contributed by atoms with Crippen molar-refractivity contribution in [2.24, 2.45) is 5.92 Å². The van der Waals surface area contributed by atoms with Gasteiger partial charge < -0.3 is 5.32 Å². The van der Waals surface area contributed by atoms with Crippen molar-refractivity contribution in [2.75, 3.05) is 7.05 Å². The highest BCUT2D eigenvalue weighted by atomic mass is 14.9. The van der Waals surface area contributed by atoms with Gasteiger partial charge in [0, 0.05) is 6.04 Å². The van der Waals surface area contributed by atoms with Crippen LogP contribution in [0.2, 0.25) is 0 Å². The minimum Gasteiger partial charge on any atom is -0.316 e. The Bertz CT molecular complexity index is 357. The van der Waals surface area contributed by atoms with Gasteiger partial charge in [0.25, 0.3) is 0 Å². The number of hydrogen-bond donors (Lipinski definition) is 1. The van der Waals surface area contributed by atoms with Crippen molar-refractivity contribution in [3.63, 3.8) is 0 Å². The van der Waals surface area contributed by atoms with Crippen LogP contribution in [0.5, 0.6) is 0 Å². The van der Waals surface area contributed by atoms with Crippen LogP contribution >= 0.6 is 0 Å². The largest absolute Gasteiger partial charge is 0.316 e. The Morgan fingerprint density at radius 2 is 1.67 bits per heavy atom. The summed E-state index contributed by atoms with van der Waals surface area (Å²) in [7, 11) is 2.13. The number of nitrogens with one attached hydrogen (secondary N) is 1. The summed E-state index contributed by atoms with van der Waals surface area (Å²) < 4.78 is 0. The maximum Gasteiger partial charge on any atom is 0.0133 e. The monoisotopic (exact) mass is 245 g/mol. The molecular weight excluding hydrogens is 218 g/mol. The second-order valence-corrected chi connectivity index (χ2v) is 5.99. The number of hydrogen-bond acceptors (Lipinski definition) is 1. The van der Waals surface area contributed by atoms with Crippen LogP contribution in [0.25, 0.3) is 0 Å². The summed E-state index contributed by atoms with van der Waals surface area (Å²) in [5.74, 6) is 0.879. The Balaban J connectivity index is 2.04. The fourth-order valence-electron chi connectivity index (χ4n) is 3.48. The third kappa shape index (κ3) is 3.58. The summed E-state index contributed by atoms with van der Waals surface area (Å²) in [6.45, 7) is 4.40. The molecule has 1 saturated carbocycles. The summed E-state index contributed by atoms with van der Waals surface area (Å²) in [4.78, 5) is 0. The molecule has 0 aromatic heterocycles. The van der Waals surface area contributed by atoms with Crippen LogP contribution in [0.1, 0.15) is 48.8 Å². The fraction of sp³-hybridized carbons (Fsp3) is 0.647. The molecule has 18 heavy (non-hydrogen) atoms. The van der Waals surface area contributed by atoms with E-state index >= 15 is 0 Å². The predicted molar refractivity (Wildman–Crippen MR) is 79.0 cm³/mol. The molecular formula is C17H27N. The quantitative estimate of drug-likeness (QED) is 0.845. The summed E-state index contributed by atoms with van der Waals surface area (Å²) in [5.41, 5.74) is 4.28. The highest BCUT2D eigenvalue weighted by Gasteiger charge is 2.22. The van der Waals surface area contributed by atoms with Gasteiger partial charge in [-0.05, 0) is 51.6 Å². The van der Waals surface area contributed by atoms with E-state index < -0.39 is 0 Å². The van der Waals surface area contributed by atoms with E-state index in [4.69, 9.17) is 0 Å². The van der Waals surface area contributed by atoms with Crippen molar-refractivity contribution in [3.05, 3.63) is 34.9 Å². The minimum atomic E-state index is 0.659. The Morgan fingerprint density at radius 1 is 1.06 bits per heavy atom. The molecule has 1 unspecified atom stereocenters. The van der Waals surface area contributed by atoms with E-state index in [0.29, 0.717) is 6.04 Å². The number of rotatable bonds is 4. The Morgan fingerprint density at radius 3 is 2.22 bits per heavy atom. The average Bonchev–Trinajstić information content (AvgIpc) is 2.36. The van der Waals surface area contributed by atoms with E-state index in [0.717, 1.165) is 5.92 Å². The highest BCUT2D eigenvalue weighted by molar-refractivity contribution is 5.29. The van der Waals surface area contributed by atoms with Gasteiger partial charge in [-0.25, -0.2) is 0 Å². The van der Waals surface area contributed by atoms with E-state index in [1.807, 2.05) is 0 Å². The van der Waals surface area contributed by atoms with Crippen molar-refractivity contribution in [1.29, 1.82) is 0 Å². The molecule has 0 saturated heterocycles. The van der Waals surface area contributed by atoms with Gasteiger partial charge >= 0.3 is 0 Å². The minimum absolute atomic E-state index is 0.659. The van der Waals surface area contributed by atoms with Crippen LogP contribution in [0.3, 0.4) is 0 Å². The molecule has 0 amide bonds. The van der Waals surface area contributed by atoms with Gasteiger partial charge in [0.05, 0.1) is 0 Å². The van der Waals surface area contributed by atoms with E-state index in [9.17, 15) is 0 Å². The van der Waals surface area contributed by atoms with Crippen molar-refractivity contribution in [3.8, 4) is 0 Å². The fourth-order valence-corrected chi connectivity index (χ4v) is 3.48. The zero-order chi connectivity index (χ0) is 13.0. The predicted octanol–water partition coefficient (Wildman–Crippen LogP) is 4.01. The van der Waals surface area contributed by atoms with Crippen LogP contribution < -0.4 is 5.32 Å². The maximum absolute atomic E-state index is 3.56. The van der Waals surface area contributed by atoms with Gasteiger partial charge in [-0.15, -0.1) is 0 Å². The van der Waals surface area contributed by atoms with Crippen molar-refractivity contribution in [2.45, 2.75) is 58.4 Å². The van der Waals surface area contributed by atoms with Gasteiger partial charge in [0.1, 0.15) is 0 Å². The molecule has 1 fully saturated rings. The normalized spacial score (nSPS) is 18.8. The maximum atomic E-state index is 3.56. The van der Waals surface area contributed by atoms with Crippen LogP contribution in [0.15, 0.2) is 18.2 Å². The molecule has 1 aliphatic carbocycles. The molecule has 1 aromatic carbocycles. The van der Waals surface area contributed by atoms with Gasteiger partial charge in [0.15, 0.2) is 0 Å². The molecule has 2 rings (SSSR count). The van der Waals surface area contributed by atoms with Gasteiger partial charge in [-0.3, -0.25) is 0 Å². The lowest BCUT2D eigenvalue weighted by atomic mass is 9.81. The van der Waals surface area contributed by atoms with Crippen molar-refractivity contribution < 1.29 is 0 Å². The lowest BCUT2D eigenvalue weighted by molar-refractivity contribution is 0.276. The van der Waals surface area contributed by atoms with E-state index in [1.165, 1.54) is 55.2 Å². The second kappa shape index (κ2) is 6.38. The van der Waals surface area contributed by atoms with E-state index in [2.05, 4.69) is 44.4 Å². The number of likely N-dealkylation sites (N-methyl/N-ethyl adjacent to an activating group) is 1. The van der Waals surface area contributed by atoms with E-state index in [-0.39, 0.29) is 0 Å². The summed E-state index contributed by atoms with van der Waals surface area (Å²) in [5, 5.41) is 3.56. The number of aryl methyl sites for hydroxylation is 2. The average molecular weight is 245 g/mol. The Hall–Kier alpha value is -0.820. The van der Waals surface area contributed by atoms with Crippen molar-refractivity contribution >= 4 is 0 Å². The van der Waals surface area contributed by atoms with Gasteiger partial charge in [-0.1, -0.05) is 48.6 Å². The number of benzene rings is 1. The molecule has 1 nitrogen and oxygen atoms in total. The SMILES string of the molecule is CNC(Cc1cc(C)cc(C)c1)C1CCCCC1. The first-order valence-electron chi connectivity index (χ1n) is 7.43. The zero-order valence-corrected chi connectivity index (χ0v) is 12.1. The molecule has 0 spiro atoms. The summed E-state index contributed by atoms with van der Waals surface area (Å²) >= 11 is 0. The first kappa shape index (κ1) is 13.6. The first-order valence-corrected chi connectivity index (χ1v) is 7.43. The summed E-state index contributed by atoms with van der Waals surface area (Å²) in [6, 6.07) is 7.62. The van der Waals surface area contributed by atoms with Crippen LogP contribution in [-0.4, -0.2) is 13.1 Å². The van der Waals surface area contributed by atoms with Crippen LogP contribution in [-0.2, 0) is 6.42 Å².